The fourth-order valence-corrected chi connectivity index (χ4v) is 3.24. The van der Waals surface area contributed by atoms with E-state index in [0.29, 0.717) is 22.6 Å². The van der Waals surface area contributed by atoms with Gasteiger partial charge in [0.2, 0.25) is 0 Å². The van der Waals surface area contributed by atoms with Gasteiger partial charge >= 0.3 is 5.97 Å². The standard InChI is InChI=1S/C16H13NO4S/c1-9-6-13-11(7-12(9)20-2)14(15(22-13)16(18)19)21-10-4-3-5-17-8-10/h3-8H,1-2H3,(H,18,19). The smallest absolute Gasteiger partial charge is 0.349 e. The molecule has 0 atom stereocenters. The first-order valence-electron chi connectivity index (χ1n) is 6.52. The summed E-state index contributed by atoms with van der Waals surface area (Å²) in [5.41, 5.74) is 0.945. The number of pyridine rings is 1. The number of aromatic carboxylic acids is 1. The second-order valence-electron chi connectivity index (χ2n) is 4.67. The highest BCUT2D eigenvalue weighted by Crippen LogP contribution is 2.42. The molecule has 0 bridgehead atoms. The first-order chi connectivity index (χ1) is 10.6. The Labute approximate surface area is 130 Å². The van der Waals surface area contributed by atoms with Gasteiger partial charge in [0.05, 0.1) is 13.3 Å². The Morgan fingerprint density at radius 1 is 1.36 bits per heavy atom. The van der Waals surface area contributed by atoms with Crippen LogP contribution in [0, 0.1) is 6.92 Å². The summed E-state index contributed by atoms with van der Waals surface area (Å²) in [6.07, 6.45) is 3.17. The summed E-state index contributed by atoms with van der Waals surface area (Å²) in [4.78, 5) is 15.6. The molecule has 2 aromatic heterocycles. The predicted octanol–water partition coefficient (Wildman–Crippen LogP) is 4.10. The number of hydrogen-bond donors (Lipinski definition) is 1. The molecule has 5 nitrogen and oxygen atoms in total. The fourth-order valence-electron chi connectivity index (χ4n) is 2.19. The van der Waals surface area contributed by atoms with Crippen LogP contribution in [0.1, 0.15) is 15.2 Å². The minimum absolute atomic E-state index is 0.159. The van der Waals surface area contributed by atoms with Crippen LogP contribution >= 0.6 is 11.3 Å². The molecular formula is C16H13NO4S. The number of benzene rings is 1. The molecular weight excluding hydrogens is 302 g/mol. The largest absolute Gasteiger partial charge is 0.496 e. The SMILES string of the molecule is COc1cc2c(Oc3cccnc3)c(C(=O)O)sc2cc1C. The number of ether oxygens (including phenoxy) is 2. The van der Waals surface area contributed by atoms with E-state index in [4.69, 9.17) is 9.47 Å². The van der Waals surface area contributed by atoms with Crippen molar-refractivity contribution in [3.63, 3.8) is 0 Å². The quantitative estimate of drug-likeness (QED) is 0.785. The number of nitrogens with zero attached hydrogens (tertiary/aromatic N) is 1. The molecule has 1 N–H and O–H groups in total. The lowest BCUT2D eigenvalue weighted by molar-refractivity contribution is 0.0700. The van der Waals surface area contributed by atoms with Crippen LogP contribution in [0.2, 0.25) is 0 Å². The number of thiophene rings is 1. The van der Waals surface area contributed by atoms with Crippen molar-refractivity contribution in [3.05, 3.63) is 47.1 Å². The third-order valence-electron chi connectivity index (χ3n) is 3.21. The normalized spacial score (nSPS) is 10.6. The molecule has 3 aromatic rings. The van der Waals surface area contributed by atoms with Crippen LogP contribution in [-0.2, 0) is 0 Å². The maximum atomic E-state index is 11.5. The number of rotatable bonds is 4. The molecule has 0 unspecified atom stereocenters. The van der Waals surface area contributed by atoms with Gasteiger partial charge in [-0.05, 0) is 36.8 Å². The highest BCUT2D eigenvalue weighted by Gasteiger charge is 2.21. The van der Waals surface area contributed by atoms with Crippen LogP contribution in [0.5, 0.6) is 17.2 Å². The Hall–Kier alpha value is -2.60. The average Bonchev–Trinajstić information content (AvgIpc) is 2.85. The van der Waals surface area contributed by atoms with E-state index in [1.807, 2.05) is 13.0 Å². The third-order valence-corrected chi connectivity index (χ3v) is 4.33. The first kappa shape index (κ1) is 14.3. The Morgan fingerprint density at radius 2 is 2.18 bits per heavy atom. The molecule has 1 aromatic carbocycles. The molecule has 3 rings (SSSR count). The molecule has 6 heteroatoms. The lowest BCUT2D eigenvalue weighted by atomic mass is 10.1. The minimum atomic E-state index is -1.02. The maximum Gasteiger partial charge on any atom is 0.349 e. The van der Waals surface area contributed by atoms with Crippen molar-refractivity contribution < 1.29 is 19.4 Å². The van der Waals surface area contributed by atoms with Crippen LogP contribution < -0.4 is 9.47 Å². The molecule has 0 fully saturated rings. The topological polar surface area (TPSA) is 68.7 Å². The van der Waals surface area contributed by atoms with Gasteiger partial charge in [0.15, 0.2) is 10.6 Å². The number of methoxy groups -OCH3 is 1. The van der Waals surface area contributed by atoms with Crippen molar-refractivity contribution in [2.24, 2.45) is 0 Å². The summed E-state index contributed by atoms with van der Waals surface area (Å²) < 4.78 is 11.9. The summed E-state index contributed by atoms with van der Waals surface area (Å²) in [5, 5.41) is 10.1. The van der Waals surface area contributed by atoms with E-state index in [-0.39, 0.29) is 4.88 Å². The number of hydrogen-bond acceptors (Lipinski definition) is 5. The van der Waals surface area contributed by atoms with Gasteiger partial charge in [-0.2, -0.15) is 0 Å². The number of aryl methyl sites for hydroxylation is 1. The van der Waals surface area contributed by atoms with Gasteiger partial charge in [0, 0.05) is 16.3 Å². The van der Waals surface area contributed by atoms with Crippen LogP contribution in [0.3, 0.4) is 0 Å². The van der Waals surface area contributed by atoms with E-state index in [9.17, 15) is 9.90 Å². The Morgan fingerprint density at radius 3 is 2.82 bits per heavy atom. The van der Waals surface area contributed by atoms with Crippen molar-refractivity contribution in [3.8, 4) is 17.2 Å². The molecule has 0 aliphatic carbocycles. The summed E-state index contributed by atoms with van der Waals surface area (Å²) in [5.74, 6) is 0.484. The molecule has 0 aliphatic rings. The van der Waals surface area contributed by atoms with E-state index >= 15 is 0 Å². The number of fused-ring (bicyclic) bond motifs is 1. The van der Waals surface area contributed by atoms with Crippen molar-refractivity contribution in [2.45, 2.75) is 6.92 Å². The number of carboxylic acid groups (broad SMARTS) is 1. The van der Waals surface area contributed by atoms with E-state index in [1.54, 1.807) is 37.7 Å². The van der Waals surface area contributed by atoms with Crippen molar-refractivity contribution in [2.75, 3.05) is 7.11 Å². The van der Waals surface area contributed by atoms with Crippen LogP contribution in [0.4, 0.5) is 0 Å². The van der Waals surface area contributed by atoms with Crippen LogP contribution in [0.15, 0.2) is 36.7 Å². The summed E-state index contributed by atoms with van der Waals surface area (Å²) in [6.45, 7) is 1.92. The summed E-state index contributed by atoms with van der Waals surface area (Å²) in [6, 6.07) is 7.17. The fraction of sp³-hybridized carbons (Fsp3) is 0.125. The van der Waals surface area contributed by atoms with Gasteiger partial charge in [0.1, 0.15) is 11.5 Å². The molecule has 0 aliphatic heterocycles. The summed E-state index contributed by atoms with van der Waals surface area (Å²) >= 11 is 1.18. The zero-order valence-electron chi connectivity index (χ0n) is 12.0. The molecule has 0 radical (unpaired) electrons. The second-order valence-corrected chi connectivity index (χ2v) is 5.73. The molecule has 0 amide bonds. The van der Waals surface area contributed by atoms with E-state index < -0.39 is 5.97 Å². The van der Waals surface area contributed by atoms with Crippen LogP contribution in [-0.4, -0.2) is 23.2 Å². The lowest BCUT2D eigenvalue weighted by Gasteiger charge is -2.07. The van der Waals surface area contributed by atoms with Crippen molar-refractivity contribution in [1.29, 1.82) is 0 Å². The minimum Gasteiger partial charge on any atom is -0.496 e. The molecule has 0 spiro atoms. The second kappa shape index (κ2) is 5.65. The van der Waals surface area contributed by atoms with E-state index in [1.165, 1.54) is 11.3 Å². The predicted molar refractivity (Wildman–Crippen MR) is 84.4 cm³/mol. The van der Waals surface area contributed by atoms with Gasteiger partial charge < -0.3 is 14.6 Å². The van der Waals surface area contributed by atoms with E-state index in [0.717, 1.165) is 10.3 Å². The highest BCUT2D eigenvalue weighted by molar-refractivity contribution is 7.21. The van der Waals surface area contributed by atoms with Crippen molar-refractivity contribution in [1.82, 2.24) is 4.98 Å². The average molecular weight is 315 g/mol. The van der Waals surface area contributed by atoms with Gasteiger partial charge in [-0.15, -0.1) is 11.3 Å². The first-order valence-corrected chi connectivity index (χ1v) is 7.34. The zero-order valence-corrected chi connectivity index (χ0v) is 12.8. The Bertz CT molecular complexity index is 842. The van der Waals surface area contributed by atoms with Crippen molar-refractivity contribution >= 4 is 27.4 Å². The lowest BCUT2D eigenvalue weighted by Crippen LogP contribution is -1.96. The van der Waals surface area contributed by atoms with Gasteiger partial charge in [-0.1, -0.05) is 0 Å². The number of aromatic nitrogens is 1. The van der Waals surface area contributed by atoms with Gasteiger partial charge in [-0.3, -0.25) is 4.98 Å². The van der Waals surface area contributed by atoms with E-state index in [2.05, 4.69) is 4.98 Å². The zero-order chi connectivity index (χ0) is 15.7. The molecule has 0 saturated heterocycles. The number of carbonyl (C=O) groups is 1. The molecule has 22 heavy (non-hydrogen) atoms. The Balaban J connectivity index is 2.20. The highest BCUT2D eigenvalue weighted by atomic mass is 32.1. The Kier molecular flexibility index (Phi) is 3.68. The monoisotopic (exact) mass is 315 g/mol. The maximum absolute atomic E-state index is 11.5. The molecule has 0 saturated carbocycles. The molecule has 112 valence electrons. The van der Waals surface area contributed by atoms with Crippen LogP contribution in [0.25, 0.3) is 10.1 Å². The van der Waals surface area contributed by atoms with Gasteiger partial charge in [-0.25, -0.2) is 4.79 Å². The summed E-state index contributed by atoms with van der Waals surface area (Å²) in [7, 11) is 1.58. The van der Waals surface area contributed by atoms with Gasteiger partial charge in [0.25, 0.3) is 0 Å². The third kappa shape index (κ3) is 2.48. The molecule has 2 heterocycles. The number of carboxylic acids is 1.